The van der Waals surface area contributed by atoms with Gasteiger partial charge in [0.1, 0.15) is 12.1 Å². The molecule has 0 bridgehead atoms. The molecule has 1 aliphatic rings. The van der Waals surface area contributed by atoms with Crippen LogP contribution >= 0.6 is 0 Å². The molecule has 13 heteroatoms. The minimum Gasteiger partial charge on any atom is -0.481 e. The molecule has 1 rings (SSSR count). The lowest BCUT2D eigenvalue weighted by atomic mass is 10.2. The van der Waals surface area contributed by atoms with E-state index in [9.17, 15) is 28.8 Å². The predicted octanol–water partition coefficient (Wildman–Crippen LogP) is -1.91. The molecule has 1 heterocycles. The van der Waals surface area contributed by atoms with E-state index in [0.29, 0.717) is 13.0 Å². The number of nitrogens with one attached hydrogen (secondary N) is 2. The third kappa shape index (κ3) is 12.7. The molecule has 0 radical (unpaired) electrons. The second kappa shape index (κ2) is 13.9. The zero-order chi connectivity index (χ0) is 22.4. The molecule has 2 amide bonds. The van der Waals surface area contributed by atoms with E-state index in [4.69, 9.17) is 20.4 Å². The van der Waals surface area contributed by atoms with E-state index in [1.165, 1.54) is 0 Å². The minimum absolute atomic E-state index is 0.103. The molecule has 1 saturated heterocycles. The van der Waals surface area contributed by atoms with E-state index in [0.717, 1.165) is 0 Å². The summed E-state index contributed by atoms with van der Waals surface area (Å²) >= 11 is 0. The summed E-state index contributed by atoms with van der Waals surface area (Å²) in [6.45, 7) is -0.0567. The normalized spacial score (nSPS) is 15.9. The molecule has 13 nitrogen and oxygen atoms in total. The lowest BCUT2D eigenvalue weighted by molar-refractivity contribution is -0.143. The lowest BCUT2D eigenvalue weighted by Gasteiger charge is -2.12. The molecule has 0 aromatic carbocycles. The van der Waals surface area contributed by atoms with Crippen LogP contribution in [0.25, 0.3) is 0 Å². The van der Waals surface area contributed by atoms with Crippen molar-refractivity contribution in [2.24, 2.45) is 0 Å². The van der Waals surface area contributed by atoms with Gasteiger partial charge in [-0.3, -0.25) is 19.2 Å². The van der Waals surface area contributed by atoms with Crippen LogP contribution in [0, 0.1) is 0 Å². The number of rotatable bonds is 11. The highest BCUT2D eigenvalue weighted by Gasteiger charge is 2.27. The number of hydrogen-bond donors (Lipinski definition) is 6. The van der Waals surface area contributed by atoms with Crippen LogP contribution < -0.4 is 10.6 Å². The number of ether oxygens (including phenoxy) is 1. The van der Waals surface area contributed by atoms with E-state index in [-0.39, 0.29) is 38.7 Å². The number of carboxylic acids is 3. The molecule has 1 aliphatic heterocycles. The second-order valence-electron chi connectivity index (χ2n) is 5.83. The van der Waals surface area contributed by atoms with Crippen LogP contribution in [-0.2, 0) is 33.5 Å². The number of carbonyl (C=O) groups excluding carboxylic acids is 3. The second-order valence-corrected chi connectivity index (χ2v) is 5.83. The molecule has 164 valence electrons. The van der Waals surface area contributed by atoms with Crippen LogP contribution in [0.5, 0.6) is 0 Å². The van der Waals surface area contributed by atoms with Crippen molar-refractivity contribution < 1.29 is 53.9 Å². The van der Waals surface area contributed by atoms with E-state index in [1.54, 1.807) is 0 Å². The van der Waals surface area contributed by atoms with Crippen molar-refractivity contribution in [2.45, 2.75) is 50.6 Å². The maximum atomic E-state index is 11.1. The molecule has 0 unspecified atom stereocenters. The Morgan fingerprint density at radius 1 is 0.966 bits per heavy atom. The summed E-state index contributed by atoms with van der Waals surface area (Å²) < 4.78 is 4.62. The zero-order valence-electron chi connectivity index (χ0n) is 15.5. The van der Waals surface area contributed by atoms with E-state index < -0.39 is 47.8 Å². The van der Waals surface area contributed by atoms with Crippen LogP contribution in [0.15, 0.2) is 0 Å². The SMILES string of the molecule is O=C(O)CCC(=O)N[C@@H](CCO)C(=O)O.O=C(O)CCC(=O)N[C@H]1CCOC1=O. The monoisotopic (exact) mass is 420 g/mol. The van der Waals surface area contributed by atoms with Crippen molar-refractivity contribution >= 4 is 35.7 Å². The largest absolute Gasteiger partial charge is 0.481 e. The van der Waals surface area contributed by atoms with Gasteiger partial charge in [0.15, 0.2) is 0 Å². The van der Waals surface area contributed by atoms with Crippen LogP contribution in [0.2, 0.25) is 0 Å². The van der Waals surface area contributed by atoms with Gasteiger partial charge in [0.05, 0.1) is 19.4 Å². The highest BCUT2D eigenvalue weighted by molar-refractivity contribution is 5.87. The average Bonchev–Trinajstić information content (AvgIpc) is 3.03. The van der Waals surface area contributed by atoms with Gasteiger partial charge in [0, 0.05) is 32.3 Å². The summed E-state index contributed by atoms with van der Waals surface area (Å²) in [6, 6.07) is -1.77. The molecule has 0 spiro atoms. The van der Waals surface area contributed by atoms with E-state index in [2.05, 4.69) is 15.4 Å². The third-order valence-corrected chi connectivity index (χ3v) is 3.45. The molecular formula is C16H24N2O11. The van der Waals surface area contributed by atoms with E-state index in [1.807, 2.05) is 0 Å². The first-order valence-corrected chi connectivity index (χ1v) is 8.59. The van der Waals surface area contributed by atoms with Gasteiger partial charge >= 0.3 is 23.9 Å². The number of carboxylic acid groups (broad SMARTS) is 3. The number of esters is 1. The number of aliphatic carboxylic acids is 3. The van der Waals surface area contributed by atoms with Crippen molar-refractivity contribution in [2.75, 3.05) is 13.2 Å². The fourth-order valence-corrected chi connectivity index (χ4v) is 1.99. The molecule has 0 aromatic heterocycles. The standard InChI is InChI=1S/C8H13NO6.C8H11NO5/c10-4-3-5(8(14)15)9-6(11)1-2-7(12)13;10-6(1-2-7(11)12)9-5-3-4-14-8(5)13/h5,10H,1-4H2,(H,9,11)(H,12,13)(H,14,15);5H,1-4H2,(H,9,10)(H,11,12)/t2*5-/m00/s1. The van der Waals surface area contributed by atoms with Gasteiger partial charge in [-0.15, -0.1) is 0 Å². The minimum atomic E-state index is -1.26. The topological polar surface area (TPSA) is 217 Å². The smallest absolute Gasteiger partial charge is 0.328 e. The van der Waals surface area contributed by atoms with Gasteiger partial charge in [-0.2, -0.15) is 0 Å². The van der Waals surface area contributed by atoms with Gasteiger partial charge in [0.2, 0.25) is 11.8 Å². The molecule has 6 N–H and O–H groups in total. The van der Waals surface area contributed by atoms with Crippen LogP contribution in [0.1, 0.15) is 38.5 Å². The van der Waals surface area contributed by atoms with Crippen molar-refractivity contribution in [1.29, 1.82) is 0 Å². The fourth-order valence-electron chi connectivity index (χ4n) is 1.99. The molecule has 2 atom stereocenters. The quantitative estimate of drug-likeness (QED) is 0.202. The Balaban J connectivity index is 0.000000541. The Labute approximate surface area is 165 Å². The Morgan fingerprint density at radius 3 is 1.93 bits per heavy atom. The summed E-state index contributed by atoms with van der Waals surface area (Å²) in [6.07, 6.45) is -0.611. The highest BCUT2D eigenvalue weighted by Crippen LogP contribution is 2.06. The number of aliphatic hydroxyl groups excluding tert-OH is 1. The first kappa shape index (κ1) is 25.8. The van der Waals surface area contributed by atoms with Crippen molar-refractivity contribution in [3.05, 3.63) is 0 Å². The van der Waals surface area contributed by atoms with E-state index >= 15 is 0 Å². The van der Waals surface area contributed by atoms with Gasteiger partial charge in [-0.1, -0.05) is 0 Å². The molecule has 0 aliphatic carbocycles. The molecule has 1 fully saturated rings. The summed E-state index contributed by atoms with van der Waals surface area (Å²) in [5.74, 6) is -4.95. The average molecular weight is 420 g/mol. The molecule has 0 saturated carbocycles. The van der Waals surface area contributed by atoms with Gasteiger partial charge in [0.25, 0.3) is 0 Å². The Morgan fingerprint density at radius 2 is 1.52 bits per heavy atom. The summed E-state index contributed by atoms with van der Waals surface area (Å²) in [5.41, 5.74) is 0. The summed E-state index contributed by atoms with van der Waals surface area (Å²) in [4.78, 5) is 63.7. The molecule has 29 heavy (non-hydrogen) atoms. The van der Waals surface area contributed by atoms with Crippen molar-refractivity contribution in [1.82, 2.24) is 10.6 Å². The predicted molar refractivity (Wildman–Crippen MR) is 92.5 cm³/mol. The van der Waals surface area contributed by atoms with Gasteiger partial charge in [-0.25, -0.2) is 9.59 Å². The first-order valence-electron chi connectivity index (χ1n) is 8.59. The summed E-state index contributed by atoms with van der Waals surface area (Å²) in [7, 11) is 0. The maximum absolute atomic E-state index is 11.1. The number of amides is 2. The zero-order valence-corrected chi connectivity index (χ0v) is 15.5. The number of carbonyl (C=O) groups is 6. The molecule has 0 aromatic rings. The van der Waals surface area contributed by atoms with Crippen LogP contribution in [0.4, 0.5) is 0 Å². The Kier molecular flexibility index (Phi) is 12.3. The highest BCUT2D eigenvalue weighted by atomic mass is 16.5. The number of aliphatic hydroxyl groups is 1. The number of cyclic esters (lactones) is 1. The van der Waals surface area contributed by atoms with Gasteiger partial charge < -0.3 is 35.8 Å². The van der Waals surface area contributed by atoms with Gasteiger partial charge in [-0.05, 0) is 0 Å². The Bertz CT molecular complexity index is 620. The van der Waals surface area contributed by atoms with Crippen molar-refractivity contribution in [3.8, 4) is 0 Å². The van der Waals surface area contributed by atoms with Crippen LogP contribution in [-0.4, -0.2) is 81.4 Å². The first-order chi connectivity index (χ1) is 13.6. The third-order valence-electron chi connectivity index (χ3n) is 3.45. The maximum Gasteiger partial charge on any atom is 0.328 e. The lowest BCUT2D eigenvalue weighted by Crippen LogP contribution is -2.41. The number of hydrogen-bond acceptors (Lipinski definition) is 8. The van der Waals surface area contributed by atoms with Crippen molar-refractivity contribution in [3.63, 3.8) is 0 Å². The Hall–Kier alpha value is -3.22. The van der Waals surface area contributed by atoms with Crippen LogP contribution in [0.3, 0.4) is 0 Å². The molecular weight excluding hydrogens is 396 g/mol. The summed E-state index contributed by atoms with van der Waals surface area (Å²) in [5, 5.41) is 38.2. The fraction of sp³-hybridized carbons (Fsp3) is 0.625.